The molecule has 0 aliphatic carbocycles. The predicted octanol–water partition coefficient (Wildman–Crippen LogP) is 4.89. The maximum Gasteiger partial charge on any atom is 0.158 e. The Balaban J connectivity index is 1.60. The van der Waals surface area contributed by atoms with E-state index in [2.05, 4.69) is 19.9 Å². The highest BCUT2D eigenvalue weighted by Crippen LogP contribution is 2.30. The van der Waals surface area contributed by atoms with Crippen molar-refractivity contribution >= 4 is 34.1 Å². The molecule has 2 aromatic heterocycles. The van der Waals surface area contributed by atoms with E-state index in [0.717, 1.165) is 33.9 Å². The molecule has 7 heteroatoms. The summed E-state index contributed by atoms with van der Waals surface area (Å²) in [7, 11) is 0. The summed E-state index contributed by atoms with van der Waals surface area (Å²) in [5, 5.41) is 4.02. The number of nitrogens with one attached hydrogen (secondary N) is 1. The summed E-state index contributed by atoms with van der Waals surface area (Å²) in [4.78, 5) is 8.75. The van der Waals surface area contributed by atoms with Crippen LogP contribution >= 0.6 is 11.6 Å². The Morgan fingerprint density at radius 1 is 1.14 bits per heavy atom. The minimum atomic E-state index is 0.548. The highest BCUT2D eigenvalue weighted by atomic mass is 35.5. The molecule has 0 atom stereocenters. The summed E-state index contributed by atoms with van der Waals surface area (Å²) in [6.45, 7) is 3.25. The lowest BCUT2D eigenvalue weighted by molar-refractivity contribution is 0.479. The molecule has 0 aliphatic rings. The molecular weight excluding hydrogens is 374 g/mol. The highest BCUT2D eigenvalue weighted by Gasteiger charge is 2.10. The molecule has 4 rings (SSSR count). The Kier molecular flexibility index (Phi) is 5.14. The summed E-state index contributed by atoms with van der Waals surface area (Å²) in [6, 6.07) is 15.2. The lowest BCUT2D eigenvalue weighted by atomic mass is 10.2. The third-order valence-corrected chi connectivity index (χ3v) is 4.62. The van der Waals surface area contributed by atoms with Crippen LogP contribution in [0.2, 0.25) is 5.02 Å². The fourth-order valence-corrected chi connectivity index (χ4v) is 3.27. The fraction of sp³-hybridized carbons (Fsp3) is 0.143. The number of fused-ring (bicyclic) bond motifs is 1. The second-order valence-electron chi connectivity index (χ2n) is 6.42. The van der Waals surface area contributed by atoms with Crippen LogP contribution in [0.15, 0.2) is 61.1 Å². The number of nitrogens with zero attached hydrogens (tertiary/aromatic N) is 3. The molecule has 3 N–H and O–H groups in total. The van der Waals surface area contributed by atoms with Gasteiger partial charge in [-0.15, -0.1) is 0 Å². The molecule has 0 spiro atoms. The Morgan fingerprint density at radius 3 is 2.82 bits per heavy atom. The quantitative estimate of drug-likeness (QED) is 0.487. The fourth-order valence-electron chi connectivity index (χ4n) is 3.09. The van der Waals surface area contributed by atoms with E-state index in [1.807, 2.05) is 55.6 Å². The smallest absolute Gasteiger partial charge is 0.158 e. The molecule has 0 aliphatic heterocycles. The van der Waals surface area contributed by atoms with Crippen LogP contribution in [0.25, 0.3) is 11.0 Å². The largest absolute Gasteiger partial charge is 0.457 e. The third-order valence-electron chi connectivity index (χ3n) is 4.38. The second kappa shape index (κ2) is 7.88. The monoisotopic (exact) mass is 393 g/mol. The van der Waals surface area contributed by atoms with Gasteiger partial charge >= 0.3 is 0 Å². The molecule has 0 saturated heterocycles. The standard InChI is InChI=1S/C21H20ClN5O/c1-14-11-16(5-6-19(14)28-17-4-2-3-15(22)12-17)26-21-20-18(24-13-25-21)7-9-27(20)10-8-23/h2-7,9,11-13H,8,10,23H2,1H3,(H,24,25,26). The van der Waals surface area contributed by atoms with Crippen molar-refractivity contribution in [1.82, 2.24) is 14.5 Å². The van der Waals surface area contributed by atoms with Gasteiger partial charge in [-0.1, -0.05) is 17.7 Å². The zero-order chi connectivity index (χ0) is 19.5. The molecule has 4 aromatic rings. The van der Waals surface area contributed by atoms with E-state index in [1.165, 1.54) is 0 Å². The zero-order valence-corrected chi connectivity index (χ0v) is 16.1. The molecule has 0 unspecified atom stereocenters. The summed E-state index contributed by atoms with van der Waals surface area (Å²) in [5.41, 5.74) is 9.44. The summed E-state index contributed by atoms with van der Waals surface area (Å²) >= 11 is 6.03. The average molecular weight is 394 g/mol. The predicted molar refractivity (Wildman–Crippen MR) is 113 cm³/mol. The molecule has 2 heterocycles. The number of hydrogen-bond donors (Lipinski definition) is 2. The number of aromatic nitrogens is 3. The van der Waals surface area contributed by atoms with E-state index in [1.54, 1.807) is 12.4 Å². The Bertz CT molecular complexity index is 1120. The molecule has 28 heavy (non-hydrogen) atoms. The topological polar surface area (TPSA) is 78.0 Å². The van der Waals surface area contributed by atoms with E-state index < -0.39 is 0 Å². The average Bonchev–Trinajstić information content (AvgIpc) is 3.09. The number of ether oxygens (including phenoxy) is 1. The number of benzene rings is 2. The summed E-state index contributed by atoms with van der Waals surface area (Å²) in [5.74, 6) is 2.21. The Labute approximate surface area is 167 Å². The third kappa shape index (κ3) is 3.78. The van der Waals surface area contributed by atoms with Gasteiger partial charge in [-0.25, -0.2) is 9.97 Å². The maximum absolute atomic E-state index is 6.03. The Hall–Kier alpha value is -3.09. The number of anilines is 2. The normalized spacial score (nSPS) is 11.0. The van der Waals surface area contributed by atoms with E-state index in [-0.39, 0.29) is 0 Å². The van der Waals surface area contributed by atoms with Crippen LogP contribution in [0.4, 0.5) is 11.5 Å². The first-order valence-electron chi connectivity index (χ1n) is 8.95. The van der Waals surface area contributed by atoms with Crippen molar-refractivity contribution < 1.29 is 4.74 Å². The lowest BCUT2D eigenvalue weighted by Crippen LogP contribution is -2.10. The van der Waals surface area contributed by atoms with Crippen molar-refractivity contribution in [2.24, 2.45) is 5.73 Å². The van der Waals surface area contributed by atoms with Crippen LogP contribution < -0.4 is 15.8 Å². The molecule has 0 radical (unpaired) electrons. The Morgan fingerprint density at radius 2 is 2.04 bits per heavy atom. The van der Waals surface area contributed by atoms with Crippen LogP contribution in [0.3, 0.4) is 0 Å². The first kappa shape index (κ1) is 18.3. The lowest BCUT2D eigenvalue weighted by Gasteiger charge is -2.13. The maximum atomic E-state index is 6.03. The minimum absolute atomic E-state index is 0.548. The van der Waals surface area contributed by atoms with E-state index >= 15 is 0 Å². The molecular formula is C21H20ClN5O. The van der Waals surface area contributed by atoms with Gasteiger partial charge in [0.1, 0.15) is 23.3 Å². The number of aryl methyl sites for hydroxylation is 1. The van der Waals surface area contributed by atoms with Crippen molar-refractivity contribution in [2.45, 2.75) is 13.5 Å². The minimum Gasteiger partial charge on any atom is -0.457 e. The van der Waals surface area contributed by atoms with Crippen molar-refractivity contribution in [3.8, 4) is 11.5 Å². The van der Waals surface area contributed by atoms with Gasteiger partial charge in [0.25, 0.3) is 0 Å². The van der Waals surface area contributed by atoms with Gasteiger partial charge in [0.2, 0.25) is 0 Å². The molecule has 0 bridgehead atoms. The van der Waals surface area contributed by atoms with Gasteiger partial charge < -0.3 is 20.4 Å². The first-order chi connectivity index (χ1) is 13.6. The van der Waals surface area contributed by atoms with Crippen molar-refractivity contribution in [3.63, 3.8) is 0 Å². The number of hydrogen-bond acceptors (Lipinski definition) is 5. The molecule has 0 saturated carbocycles. The van der Waals surface area contributed by atoms with Gasteiger partial charge in [-0.2, -0.15) is 0 Å². The van der Waals surface area contributed by atoms with Crippen LogP contribution in [-0.2, 0) is 6.54 Å². The van der Waals surface area contributed by atoms with Gasteiger partial charge in [-0.05, 0) is 55.0 Å². The van der Waals surface area contributed by atoms with Crippen molar-refractivity contribution in [1.29, 1.82) is 0 Å². The van der Waals surface area contributed by atoms with Gasteiger partial charge in [0, 0.05) is 30.0 Å². The van der Waals surface area contributed by atoms with Gasteiger partial charge in [-0.3, -0.25) is 0 Å². The summed E-state index contributed by atoms with van der Waals surface area (Å²) < 4.78 is 8.00. The molecule has 6 nitrogen and oxygen atoms in total. The number of nitrogens with two attached hydrogens (primary N) is 1. The zero-order valence-electron chi connectivity index (χ0n) is 15.4. The van der Waals surface area contributed by atoms with Crippen LogP contribution in [0.1, 0.15) is 5.56 Å². The van der Waals surface area contributed by atoms with Crippen LogP contribution in [0.5, 0.6) is 11.5 Å². The van der Waals surface area contributed by atoms with Gasteiger partial charge in [0.05, 0.1) is 5.52 Å². The second-order valence-corrected chi connectivity index (χ2v) is 6.86. The SMILES string of the molecule is Cc1cc(Nc2ncnc3ccn(CCN)c23)ccc1Oc1cccc(Cl)c1. The highest BCUT2D eigenvalue weighted by molar-refractivity contribution is 6.30. The van der Waals surface area contributed by atoms with Crippen molar-refractivity contribution in [2.75, 3.05) is 11.9 Å². The van der Waals surface area contributed by atoms with Crippen LogP contribution in [-0.4, -0.2) is 21.1 Å². The number of rotatable bonds is 6. The van der Waals surface area contributed by atoms with E-state index in [4.69, 9.17) is 22.1 Å². The molecule has 2 aromatic carbocycles. The van der Waals surface area contributed by atoms with E-state index in [0.29, 0.717) is 23.9 Å². The molecule has 0 fully saturated rings. The molecule has 142 valence electrons. The van der Waals surface area contributed by atoms with Crippen LogP contribution in [0, 0.1) is 6.92 Å². The number of halogens is 1. The first-order valence-corrected chi connectivity index (χ1v) is 9.33. The summed E-state index contributed by atoms with van der Waals surface area (Å²) in [6.07, 6.45) is 3.53. The van der Waals surface area contributed by atoms with Crippen molar-refractivity contribution in [3.05, 3.63) is 71.6 Å². The van der Waals surface area contributed by atoms with Gasteiger partial charge in [0.15, 0.2) is 5.82 Å². The molecule has 0 amide bonds. The van der Waals surface area contributed by atoms with E-state index in [9.17, 15) is 0 Å².